The molecule has 1 aromatic rings. The molecule has 5 nitrogen and oxygen atoms in total. The van der Waals surface area contributed by atoms with Gasteiger partial charge in [0.1, 0.15) is 5.75 Å². The molecule has 0 unspecified atom stereocenters. The summed E-state index contributed by atoms with van der Waals surface area (Å²) in [4.78, 5) is 23.3. The van der Waals surface area contributed by atoms with Crippen molar-refractivity contribution in [3.05, 3.63) is 29.8 Å². The summed E-state index contributed by atoms with van der Waals surface area (Å²) in [6, 6.07) is 7.24. The molecule has 1 aromatic carbocycles. The molecule has 0 aromatic heterocycles. The normalized spacial score (nSPS) is 11.9. The van der Waals surface area contributed by atoms with Crippen LogP contribution in [0.4, 0.5) is 4.79 Å². The van der Waals surface area contributed by atoms with Crippen LogP contribution in [0.1, 0.15) is 26.3 Å². The molecule has 0 fully saturated rings. The Kier molecular flexibility index (Phi) is 7.08. The van der Waals surface area contributed by atoms with Gasteiger partial charge in [-0.1, -0.05) is 12.1 Å². The summed E-state index contributed by atoms with van der Waals surface area (Å²) >= 11 is 1.47. The van der Waals surface area contributed by atoms with Gasteiger partial charge in [0, 0.05) is 11.8 Å². The number of carbonyl (C=O) groups is 2. The van der Waals surface area contributed by atoms with Gasteiger partial charge in [-0.25, -0.2) is 4.79 Å². The van der Waals surface area contributed by atoms with Crippen LogP contribution < -0.4 is 15.4 Å². The van der Waals surface area contributed by atoms with Crippen LogP contribution in [-0.4, -0.2) is 30.3 Å². The van der Waals surface area contributed by atoms with Gasteiger partial charge in [0.25, 0.3) is 0 Å². The minimum Gasteiger partial charge on any atom is -0.497 e. The first-order chi connectivity index (χ1) is 9.92. The number of nitrogens with one attached hydrogen (secondary N) is 2. The molecule has 0 spiro atoms. The van der Waals surface area contributed by atoms with Crippen molar-refractivity contribution in [1.29, 1.82) is 0 Å². The van der Waals surface area contributed by atoms with Crippen molar-refractivity contribution in [1.82, 2.24) is 10.6 Å². The van der Waals surface area contributed by atoms with E-state index in [1.165, 1.54) is 11.8 Å². The number of rotatable bonds is 6. The number of hydrogen-bond acceptors (Lipinski definition) is 4. The molecule has 1 atom stereocenters. The SMILES string of the molecule is COc1cccc(CS[C@H](C)C(=O)NC(=O)NC(C)C)c1. The zero-order chi connectivity index (χ0) is 15.8. The van der Waals surface area contributed by atoms with E-state index in [9.17, 15) is 9.59 Å². The molecule has 0 aliphatic rings. The first-order valence-corrected chi connectivity index (χ1v) is 7.83. The van der Waals surface area contributed by atoms with Crippen molar-refractivity contribution in [3.8, 4) is 5.75 Å². The Labute approximate surface area is 129 Å². The van der Waals surface area contributed by atoms with Crippen LogP contribution in [0.3, 0.4) is 0 Å². The van der Waals surface area contributed by atoms with Crippen molar-refractivity contribution < 1.29 is 14.3 Å². The smallest absolute Gasteiger partial charge is 0.321 e. The minimum atomic E-state index is -0.455. The lowest BCUT2D eigenvalue weighted by Gasteiger charge is -2.13. The number of amides is 3. The molecule has 2 N–H and O–H groups in total. The van der Waals surface area contributed by atoms with E-state index in [2.05, 4.69) is 10.6 Å². The molecule has 21 heavy (non-hydrogen) atoms. The lowest BCUT2D eigenvalue weighted by molar-refractivity contribution is -0.119. The van der Waals surface area contributed by atoms with Gasteiger partial charge in [-0.05, 0) is 38.5 Å². The lowest BCUT2D eigenvalue weighted by atomic mass is 10.2. The van der Waals surface area contributed by atoms with Crippen LogP contribution in [0, 0.1) is 0 Å². The van der Waals surface area contributed by atoms with E-state index < -0.39 is 6.03 Å². The van der Waals surface area contributed by atoms with Gasteiger partial charge in [0.05, 0.1) is 12.4 Å². The highest BCUT2D eigenvalue weighted by atomic mass is 32.2. The second kappa shape index (κ2) is 8.56. The van der Waals surface area contributed by atoms with E-state index in [4.69, 9.17) is 4.74 Å². The predicted molar refractivity (Wildman–Crippen MR) is 85.6 cm³/mol. The number of urea groups is 1. The van der Waals surface area contributed by atoms with Crippen molar-refractivity contribution in [2.45, 2.75) is 37.8 Å². The molecular weight excluding hydrogens is 288 g/mol. The lowest BCUT2D eigenvalue weighted by Crippen LogP contribution is -2.45. The molecule has 0 saturated heterocycles. The highest BCUT2D eigenvalue weighted by Crippen LogP contribution is 2.21. The highest BCUT2D eigenvalue weighted by molar-refractivity contribution is 7.99. The molecule has 0 bridgehead atoms. The monoisotopic (exact) mass is 310 g/mol. The van der Waals surface area contributed by atoms with E-state index in [0.717, 1.165) is 11.3 Å². The van der Waals surface area contributed by atoms with Crippen molar-refractivity contribution in [2.75, 3.05) is 7.11 Å². The first kappa shape index (κ1) is 17.4. The number of methoxy groups -OCH3 is 1. The van der Waals surface area contributed by atoms with Gasteiger partial charge in [-0.15, -0.1) is 11.8 Å². The zero-order valence-corrected chi connectivity index (χ0v) is 13.6. The Morgan fingerprint density at radius 2 is 2.00 bits per heavy atom. The molecule has 1 rings (SSSR count). The molecule has 0 saturated carbocycles. The fourth-order valence-corrected chi connectivity index (χ4v) is 2.40. The van der Waals surface area contributed by atoms with E-state index in [0.29, 0.717) is 5.75 Å². The third kappa shape index (κ3) is 6.53. The Bertz CT molecular complexity index is 492. The topological polar surface area (TPSA) is 67.4 Å². The maximum Gasteiger partial charge on any atom is 0.321 e. The Morgan fingerprint density at radius 1 is 1.29 bits per heavy atom. The Balaban J connectivity index is 2.43. The summed E-state index contributed by atoms with van der Waals surface area (Å²) in [7, 11) is 1.62. The molecule has 0 radical (unpaired) electrons. The second-order valence-electron chi connectivity index (χ2n) is 4.92. The summed E-state index contributed by atoms with van der Waals surface area (Å²) in [5.41, 5.74) is 1.07. The van der Waals surface area contributed by atoms with Crippen LogP contribution in [0.2, 0.25) is 0 Å². The summed E-state index contributed by atoms with van der Waals surface area (Å²) in [6.45, 7) is 5.46. The number of imide groups is 1. The molecule has 116 valence electrons. The maximum absolute atomic E-state index is 11.9. The number of hydrogen-bond donors (Lipinski definition) is 2. The summed E-state index contributed by atoms with van der Waals surface area (Å²) in [6.07, 6.45) is 0. The van der Waals surface area contributed by atoms with Gasteiger partial charge < -0.3 is 10.1 Å². The van der Waals surface area contributed by atoms with Gasteiger partial charge in [0.2, 0.25) is 5.91 Å². The average Bonchev–Trinajstić information content (AvgIpc) is 2.43. The first-order valence-electron chi connectivity index (χ1n) is 6.78. The van der Waals surface area contributed by atoms with Gasteiger partial charge in [0.15, 0.2) is 0 Å². The third-order valence-electron chi connectivity index (χ3n) is 2.66. The van der Waals surface area contributed by atoms with Gasteiger partial charge in [-0.3, -0.25) is 10.1 Å². The number of carbonyl (C=O) groups excluding carboxylic acids is 2. The summed E-state index contributed by atoms with van der Waals surface area (Å²) in [5.74, 6) is 1.18. The van der Waals surface area contributed by atoms with Crippen LogP contribution in [0.15, 0.2) is 24.3 Å². The second-order valence-corrected chi connectivity index (χ2v) is 6.25. The molecule has 0 aliphatic carbocycles. The fraction of sp³-hybridized carbons (Fsp3) is 0.467. The molecule has 6 heteroatoms. The van der Waals surface area contributed by atoms with E-state index in [1.54, 1.807) is 14.0 Å². The van der Waals surface area contributed by atoms with E-state index in [1.807, 2.05) is 38.1 Å². The summed E-state index contributed by atoms with van der Waals surface area (Å²) in [5, 5.41) is 4.65. The zero-order valence-electron chi connectivity index (χ0n) is 12.8. The van der Waals surface area contributed by atoms with E-state index in [-0.39, 0.29) is 17.2 Å². The number of thioether (sulfide) groups is 1. The maximum atomic E-state index is 11.9. The third-order valence-corrected chi connectivity index (χ3v) is 3.87. The number of benzene rings is 1. The quantitative estimate of drug-likeness (QED) is 0.847. The molecule has 0 heterocycles. The van der Waals surface area contributed by atoms with E-state index >= 15 is 0 Å². The van der Waals surface area contributed by atoms with Gasteiger partial charge in [-0.2, -0.15) is 0 Å². The Hall–Kier alpha value is -1.69. The largest absolute Gasteiger partial charge is 0.497 e. The minimum absolute atomic E-state index is 0.00228. The van der Waals surface area contributed by atoms with Crippen molar-refractivity contribution in [3.63, 3.8) is 0 Å². The fourth-order valence-electron chi connectivity index (χ4n) is 1.57. The van der Waals surface area contributed by atoms with Crippen LogP contribution in [0.5, 0.6) is 5.75 Å². The molecular formula is C15H22N2O3S. The average molecular weight is 310 g/mol. The van der Waals surface area contributed by atoms with Crippen LogP contribution in [0.25, 0.3) is 0 Å². The van der Waals surface area contributed by atoms with Crippen molar-refractivity contribution in [2.24, 2.45) is 0 Å². The van der Waals surface area contributed by atoms with Crippen molar-refractivity contribution >= 4 is 23.7 Å². The molecule has 3 amide bonds. The summed E-state index contributed by atoms with van der Waals surface area (Å²) < 4.78 is 5.16. The van der Waals surface area contributed by atoms with Crippen LogP contribution >= 0.6 is 11.8 Å². The number of ether oxygens (including phenoxy) is 1. The van der Waals surface area contributed by atoms with Crippen LogP contribution in [-0.2, 0) is 10.5 Å². The molecule has 0 aliphatic heterocycles. The van der Waals surface area contributed by atoms with Gasteiger partial charge >= 0.3 is 6.03 Å². The highest BCUT2D eigenvalue weighted by Gasteiger charge is 2.16. The predicted octanol–water partition coefficient (Wildman–Crippen LogP) is 2.55. The standard InChI is InChI=1S/C15H22N2O3S/c1-10(2)16-15(19)17-14(18)11(3)21-9-12-6-5-7-13(8-12)20-4/h5-8,10-11H,9H2,1-4H3,(H2,16,17,18,19)/t11-/m1/s1. The Morgan fingerprint density at radius 3 is 2.62 bits per heavy atom.